The molecule has 1 atom stereocenters. The third kappa shape index (κ3) is 4.37. The summed E-state index contributed by atoms with van der Waals surface area (Å²) in [6, 6.07) is 7.36. The van der Waals surface area contributed by atoms with E-state index >= 15 is 0 Å². The van der Waals surface area contributed by atoms with Crippen LogP contribution < -0.4 is 5.32 Å². The fraction of sp³-hybridized carbons (Fsp3) is 0.684. The average molecular weight is 348 g/mol. The number of non-ortho nitro benzene ring substituents is 1. The number of hydrogen-bond donors (Lipinski definition) is 1. The molecule has 6 nitrogen and oxygen atoms in total. The van der Waals surface area contributed by atoms with Crippen LogP contribution in [-0.2, 0) is 9.47 Å². The first-order valence-electron chi connectivity index (χ1n) is 9.07. The zero-order valence-electron chi connectivity index (χ0n) is 15.3. The number of nitro groups is 1. The summed E-state index contributed by atoms with van der Waals surface area (Å²) in [7, 11) is 0. The number of nitrogens with zero attached hydrogens (tertiary/aromatic N) is 1. The Bertz CT molecular complexity index is 594. The van der Waals surface area contributed by atoms with E-state index in [1.165, 1.54) is 0 Å². The maximum Gasteiger partial charge on any atom is 0.269 e. The van der Waals surface area contributed by atoms with Crippen molar-refractivity contribution >= 4 is 5.69 Å². The van der Waals surface area contributed by atoms with Gasteiger partial charge in [0.15, 0.2) is 5.79 Å². The van der Waals surface area contributed by atoms with Gasteiger partial charge in [-0.15, -0.1) is 0 Å². The monoisotopic (exact) mass is 348 g/mol. The van der Waals surface area contributed by atoms with Gasteiger partial charge in [-0.3, -0.25) is 10.1 Å². The Morgan fingerprint density at radius 1 is 1.16 bits per heavy atom. The maximum absolute atomic E-state index is 10.8. The molecule has 1 aliphatic heterocycles. The Morgan fingerprint density at radius 3 is 2.24 bits per heavy atom. The number of ether oxygens (including phenoxy) is 2. The minimum absolute atomic E-state index is 0.102. The molecule has 2 aliphatic rings. The first kappa shape index (κ1) is 18.3. The molecule has 0 unspecified atom stereocenters. The smallest absolute Gasteiger partial charge is 0.269 e. The molecular formula is C19H28N2O4. The van der Waals surface area contributed by atoms with Gasteiger partial charge in [0.25, 0.3) is 5.69 Å². The van der Waals surface area contributed by atoms with Crippen LogP contribution in [0.15, 0.2) is 24.3 Å². The summed E-state index contributed by atoms with van der Waals surface area (Å²) in [6.07, 6.45) is 3.84. The van der Waals surface area contributed by atoms with Gasteiger partial charge in [-0.2, -0.15) is 0 Å². The molecular weight excluding hydrogens is 320 g/mol. The van der Waals surface area contributed by atoms with Crippen molar-refractivity contribution in [3.63, 3.8) is 0 Å². The third-order valence-electron chi connectivity index (χ3n) is 5.29. The Labute approximate surface area is 149 Å². The first-order chi connectivity index (χ1) is 11.8. The molecule has 2 fully saturated rings. The molecule has 0 amide bonds. The largest absolute Gasteiger partial charge is 0.349 e. The van der Waals surface area contributed by atoms with Crippen molar-refractivity contribution in [2.24, 2.45) is 5.41 Å². The summed E-state index contributed by atoms with van der Waals surface area (Å²) in [4.78, 5) is 10.4. The molecule has 25 heavy (non-hydrogen) atoms. The highest BCUT2D eigenvalue weighted by Gasteiger charge is 2.43. The molecule has 3 rings (SSSR count). The van der Waals surface area contributed by atoms with E-state index in [9.17, 15) is 10.1 Å². The van der Waals surface area contributed by atoms with Crippen LogP contribution in [0.25, 0.3) is 0 Å². The third-order valence-corrected chi connectivity index (χ3v) is 5.29. The quantitative estimate of drug-likeness (QED) is 0.658. The lowest BCUT2D eigenvalue weighted by Crippen LogP contribution is -2.51. The first-order valence-corrected chi connectivity index (χ1v) is 9.07. The van der Waals surface area contributed by atoms with E-state index < -0.39 is 0 Å². The van der Waals surface area contributed by atoms with Gasteiger partial charge in [0.1, 0.15) is 0 Å². The van der Waals surface area contributed by atoms with Crippen molar-refractivity contribution in [2.45, 2.75) is 64.3 Å². The fourth-order valence-corrected chi connectivity index (χ4v) is 3.58. The van der Waals surface area contributed by atoms with Crippen molar-refractivity contribution in [3.8, 4) is 0 Å². The summed E-state index contributed by atoms with van der Waals surface area (Å²) in [5, 5.41) is 14.4. The van der Waals surface area contributed by atoms with Gasteiger partial charge in [0.2, 0.25) is 0 Å². The molecule has 1 heterocycles. The summed E-state index contributed by atoms with van der Waals surface area (Å²) in [5.41, 5.74) is 1.30. The van der Waals surface area contributed by atoms with Crippen molar-refractivity contribution in [3.05, 3.63) is 39.9 Å². The van der Waals surface area contributed by atoms with E-state index in [0.717, 1.165) is 44.5 Å². The molecule has 0 radical (unpaired) electrons. The van der Waals surface area contributed by atoms with E-state index in [-0.39, 0.29) is 27.9 Å². The van der Waals surface area contributed by atoms with Crippen molar-refractivity contribution in [1.29, 1.82) is 0 Å². The van der Waals surface area contributed by atoms with Crippen molar-refractivity contribution < 1.29 is 14.4 Å². The molecule has 1 spiro atoms. The van der Waals surface area contributed by atoms with Gasteiger partial charge < -0.3 is 14.8 Å². The number of benzene rings is 1. The minimum atomic E-state index is -0.385. The van der Waals surface area contributed by atoms with Crippen LogP contribution >= 0.6 is 0 Å². The highest BCUT2D eigenvalue weighted by atomic mass is 16.7. The Morgan fingerprint density at radius 2 is 1.72 bits per heavy atom. The Hall–Kier alpha value is -1.50. The van der Waals surface area contributed by atoms with Crippen LogP contribution in [0.5, 0.6) is 0 Å². The molecule has 0 aromatic heterocycles. The normalized spacial score (nSPS) is 24.1. The summed E-state index contributed by atoms with van der Waals surface area (Å²) < 4.78 is 12.2. The second-order valence-electron chi connectivity index (χ2n) is 8.16. The van der Waals surface area contributed by atoms with Gasteiger partial charge in [-0.1, -0.05) is 26.0 Å². The zero-order chi connectivity index (χ0) is 18.1. The molecule has 1 N–H and O–H groups in total. The highest BCUT2D eigenvalue weighted by molar-refractivity contribution is 5.34. The van der Waals surface area contributed by atoms with E-state index in [4.69, 9.17) is 9.47 Å². The predicted octanol–water partition coefficient (Wildman–Crippen LogP) is 3.96. The van der Waals surface area contributed by atoms with Gasteiger partial charge >= 0.3 is 0 Å². The lowest BCUT2D eigenvalue weighted by Gasteiger charge is -2.47. The van der Waals surface area contributed by atoms with E-state index in [2.05, 4.69) is 26.1 Å². The number of nitro benzene ring substituents is 1. The van der Waals surface area contributed by atoms with Gasteiger partial charge in [0, 0.05) is 42.5 Å². The van der Waals surface area contributed by atoms with Crippen LogP contribution in [0.1, 0.15) is 58.1 Å². The van der Waals surface area contributed by atoms with Crippen molar-refractivity contribution in [1.82, 2.24) is 5.32 Å². The average Bonchev–Trinajstić information content (AvgIpc) is 2.60. The summed E-state index contributed by atoms with van der Waals surface area (Å²) >= 11 is 0. The van der Waals surface area contributed by atoms with E-state index in [1.54, 1.807) is 12.1 Å². The second-order valence-corrected chi connectivity index (χ2v) is 8.16. The topological polar surface area (TPSA) is 73.6 Å². The molecule has 1 saturated heterocycles. The second kappa shape index (κ2) is 7.02. The van der Waals surface area contributed by atoms with Crippen LogP contribution in [-0.4, -0.2) is 30.0 Å². The fourth-order valence-electron chi connectivity index (χ4n) is 3.58. The lowest BCUT2D eigenvalue weighted by molar-refractivity contribution is -0.384. The molecule has 138 valence electrons. The SMILES string of the molecule is C[C@H](NC1CCC2(CC1)OCC(C)(C)CO2)c1ccc([N+](=O)[O-])cc1. The van der Waals surface area contributed by atoms with Crippen LogP contribution in [0.2, 0.25) is 0 Å². The maximum atomic E-state index is 10.8. The predicted molar refractivity (Wildman–Crippen MR) is 95.3 cm³/mol. The van der Waals surface area contributed by atoms with Gasteiger partial charge in [-0.25, -0.2) is 0 Å². The van der Waals surface area contributed by atoms with Crippen LogP contribution in [0, 0.1) is 15.5 Å². The molecule has 0 bridgehead atoms. The molecule has 1 aliphatic carbocycles. The molecule has 1 aromatic carbocycles. The van der Waals surface area contributed by atoms with Gasteiger partial charge in [0.05, 0.1) is 18.1 Å². The lowest BCUT2D eigenvalue weighted by atomic mass is 9.86. The molecule has 1 aromatic rings. The van der Waals surface area contributed by atoms with Crippen LogP contribution in [0.3, 0.4) is 0 Å². The van der Waals surface area contributed by atoms with Gasteiger partial charge in [-0.05, 0) is 25.3 Å². The van der Waals surface area contributed by atoms with Crippen LogP contribution in [0.4, 0.5) is 5.69 Å². The highest BCUT2D eigenvalue weighted by Crippen LogP contribution is 2.39. The number of hydrogen-bond acceptors (Lipinski definition) is 5. The standard InChI is InChI=1S/C19H28N2O4/c1-14(15-4-6-17(7-5-15)21(22)23)20-16-8-10-19(11-9-16)24-12-18(2,3)13-25-19/h4-7,14,16,20H,8-13H2,1-3H3/t14-/m0/s1. The molecule has 1 saturated carbocycles. The zero-order valence-corrected chi connectivity index (χ0v) is 15.3. The number of rotatable bonds is 4. The Balaban J connectivity index is 1.51. The summed E-state index contributed by atoms with van der Waals surface area (Å²) in [5.74, 6) is -0.385. The molecule has 6 heteroatoms. The Kier molecular flexibility index (Phi) is 5.14. The van der Waals surface area contributed by atoms with E-state index in [1.807, 2.05) is 12.1 Å². The van der Waals surface area contributed by atoms with E-state index in [0.29, 0.717) is 6.04 Å². The summed E-state index contributed by atoms with van der Waals surface area (Å²) in [6.45, 7) is 7.94. The van der Waals surface area contributed by atoms with Crippen molar-refractivity contribution in [2.75, 3.05) is 13.2 Å². The minimum Gasteiger partial charge on any atom is -0.349 e. The number of nitrogens with one attached hydrogen (secondary N) is 1.